The van der Waals surface area contributed by atoms with Gasteiger partial charge in [0.25, 0.3) is 17.7 Å². The van der Waals surface area contributed by atoms with Crippen LogP contribution in [0.5, 0.6) is 0 Å². The lowest BCUT2D eigenvalue weighted by molar-refractivity contribution is 0.0693. The van der Waals surface area contributed by atoms with Crippen LogP contribution in [0.1, 0.15) is 43.6 Å². The van der Waals surface area contributed by atoms with E-state index in [4.69, 9.17) is 0 Å². The Bertz CT molecular complexity index is 1030. The molecule has 2 aliphatic rings. The van der Waals surface area contributed by atoms with Crippen molar-refractivity contribution < 1.29 is 14.4 Å². The highest BCUT2D eigenvalue weighted by Gasteiger charge is 2.33. The van der Waals surface area contributed by atoms with Crippen LogP contribution in [0, 0.1) is 6.92 Å². The van der Waals surface area contributed by atoms with E-state index in [9.17, 15) is 14.4 Å². The van der Waals surface area contributed by atoms with Crippen molar-refractivity contribution in [3.63, 3.8) is 0 Å². The Morgan fingerprint density at radius 3 is 2.33 bits per heavy atom. The van der Waals surface area contributed by atoms with E-state index < -0.39 is 0 Å². The second-order valence-corrected chi connectivity index (χ2v) is 7.80. The van der Waals surface area contributed by atoms with Gasteiger partial charge in [0, 0.05) is 50.2 Å². The number of nitrogens with one attached hydrogen (secondary N) is 1. The van der Waals surface area contributed by atoms with E-state index in [2.05, 4.69) is 28.1 Å². The molecular weight excluding hydrogens is 380 g/mol. The number of benzene rings is 2. The molecule has 0 atom stereocenters. The van der Waals surface area contributed by atoms with Crippen LogP contribution in [0.25, 0.3) is 0 Å². The number of likely N-dealkylation sites (N-methyl/N-ethyl adjacent to an activating group) is 1. The molecule has 0 aliphatic carbocycles. The molecule has 2 aromatic rings. The first-order valence-electron chi connectivity index (χ1n) is 10.2. The fourth-order valence-corrected chi connectivity index (χ4v) is 4.00. The first kappa shape index (κ1) is 20.1. The molecule has 0 unspecified atom stereocenters. The number of hydrogen-bond acceptors (Lipinski definition) is 5. The van der Waals surface area contributed by atoms with Crippen LogP contribution in [-0.4, -0.2) is 67.3 Å². The highest BCUT2D eigenvalue weighted by molar-refractivity contribution is 6.22. The van der Waals surface area contributed by atoms with Crippen LogP contribution in [-0.2, 0) is 0 Å². The Kier molecular flexibility index (Phi) is 5.30. The van der Waals surface area contributed by atoms with Gasteiger partial charge in [0.2, 0.25) is 0 Å². The predicted molar refractivity (Wildman–Crippen MR) is 116 cm³/mol. The molecule has 0 saturated carbocycles. The van der Waals surface area contributed by atoms with E-state index in [0.717, 1.165) is 54.6 Å². The summed E-state index contributed by atoms with van der Waals surface area (Å²) in [5.74, 6) is -1.03. The van der Waals surface area contributed by atoms with Gasteiger partial charge in [0.05, 0.1) is 11.1 Å². The van der Waals surface area contributed by atoms with Crippen molar-refractivity contribution in [3.8, 4) is 0 Å². The number of amides is 3. The van der Waals surface area contributed by atoms with Crippen LogP contribution in [0.15, 0.2) is 36.4 Å². The van der Waals surface area contributed by atoms with Crippen LogP contribution in [0.4, 0.5) is 11.4 Å². The molecule has 0 aromatic heterocycles. The number of aryl methyl sites for hydroxylation is 1. The fraction of sp³-hybridized carbons (Fsp3) is 0.348. The molecule has 2 aliphatic heterocycles. The third-order valence-corrected chi connectivity index (χ3v) is 5.99. The van der Waals surface area contributed by atoms with Gasteiger partial charge >= 0.3 is 0 Å². The maximum absolute atomic E-state index is 12.8. The molecule has 7 nitrogen and oxygen atoms in total. The topological polar surface area (TPSA) is 73.0 Å². The van der Waals surface area contributed by atoms with Crippen LogP contribution < -0.4 is 10.2 Å². The smallest absolute Gasteiger partial charge is 0.261 e. The summed E-state index contributed by atoms with van der Waals surface area (Å²) in [6.07, 6.45) is 0. The van der Waals surface area contributed by atoms with Crippen molar-refractivity contribution in [2.45, 2.75) is 13.8 Å². The Hall–Kier alpha value is -3.19. The second kappa shape index (κ2) is 7.91. The molecule has 1 N–H and O–H groups in total. The maximum Gasteiger partial charge on any atom is 0.261 e. The summed E-state index contributed by atoms with van der Waals surface area (Å²) in [4.78, 5) is 42.8. The molecule has 0 radical (unpaired) electrons. The Balaban J connectivity index is 1.48. The zero-order chi connectivity index (χ0) is 21.4. The normalized spacial score (nSPS) is 16.8. The SMILES string of the molecule is CCN1CCN(c2ccc(NC(=O)c3ccc4c(c3)C(=O)N(C)C4=O)c(C)c2)CC1. The lowest BCUT2D eigenvalue weighted by Gasteiger charge is -2.35. The molecule has 4 rings (SSSR count). The van der Waals surface area contributed by atoms with E-state index in [1.807, 2.05) is 19.1 Å². The zero-order valence-electron chi connectivity index (χ0n) is 17.6. The van der Waals surface area contributed by atoms with Gasteiger partial charge in [-0.1, -0.05) is 6.92 Å². The molecule has 3 amide bonds. The summed E-state index contributed by atoms with van der Waals surface area (Å²) < 4.78 is 0. The van der Waals surface area contributed by atoms with Gasteiger partial charge in [-0.15, -0.1) is 0 Å². The lowest BCUT2D eigenvalue weighted by Crippen LogP contribution is -2.46. The summed E-state index contributed by atoms with van der Waals surface area (Å²) in [5.41, 5.74) is 3.83. The summed E-state index contributed by atoms with van der Waals surface area (Å²) in [5, 5.41) is 2.93. The molecular formula is C23H26N4O3. The summed E-state index contributed by atoms with van der Waals surface area (Å²) >= 11 is 0. The fourth-order valence-electron chi connectivity index (χ4n) is 4.00. The Morgan fingerprint density at radius 2 is 1.67 bits per heavy atom. The first-order valence-corrected chi connectivity index (χ1v) is 10.2. The molecule has 7 heteroatoms. The van der Waals surface area contributed by atoms with Crippen LogP contribution in [0.2, 0.25) is 0 Å². The average molecular weight is 406 g/mol. The van der Waals surface area contributed by atoms with Crippen LogP contribution >= 0.6 is 0 Å². The predicted octanol–water partition coefficient (Wildman–Crippen LogP) is 2.62. The number of carbonyl (C=O) groups is 3. The molecule has 0 spiro atoms. The van der Waals surface area contributed by atoms with E-state index in [1.54, 1.807) is 12.1 Å². The zero-order valence-corrected chi connectivity index (χ0v) is 17.6. The minimum absolute atomic E-state index is 0.272. The van der Waals surface area contributed by atoms with Gasteiger partial charge in [-0.05, 0) is 55.4 Å². The number of anilines is 2. The van der Waals surface area contributed by atoms with E-state index in [0.29, 0.717) is 11.1 Å². The number of nitrogens with zero attached hydrogens (tertiary/aromatic N) is 3. The number of imide groups is 1. The van der Waals surface area contributed by atoms with Gasteiger partial charge in [0.1, 0.15) is 0 Å². The lowest BCUT2D eigenvalue weighted by atomic mass is 10.0. The first-order chi connectivity index (χ1) is 14.4. The van der Waals surface area contributed by atoms with Crippen molar-refractivity contribution in [1.82, 2.24) is 9.80 Å². The third kappa shape index (κ3) is 3.57. The van der Waals surface area contributed by atoms with Gasteiger partial charge in [0.15, 0.2) is 0 Å². The highest BCUT2D eigenvalue weighted by Crippen LogP contribution is 2.26. The number of hydrogen-bond donors (Lipinski definition) is 1. The minimum Gasteiger partial charge on any atom is -0.369 e. The molecule has 1 fully saturated rings. The Labute approximate surface area is 176 Å². The molecule has 156 valence electrons. The average Bonchev–Trinajstić information content (AvgIpc) is 2.98. The van der Waals surface area contributed by atoms with Crippen LogP contribution in [0.3, 0.4) is 0 Å². The standard InChI is InChI=1S/C23H26N4O3/c1-4-26-9-11-27(12-10-26)17-6-8-20(15(2)13-17)24-21(28)16-5-7-18-19(14-16)23(30)25(3)22(18)29/h5-8,13-14H,4,9-12H2,1-3H3,(H,24,28). The van der Waals surface area contributed by atoms with Crippen molar-refractivity contribution in [2.24, 2.45) is 0 Å². The van der Waals surface area contributed by atoms with Crippen molar-refractivity contribution >= 4 is 29.1 Å². The van der Waals surface area contributed by atoms with E-state index in [1.165, 1.54) is 13.1 Å². The van der Waals surface area contributed by atoms with Crippen molar-refractivity contribution in [2.75, 3.05) is 50.0 Å². The highest BCUT2D eigenvalue weighted by atomic mass is 16.2. The molecule has 30 heavy (non-hydrogen) atoms. The monoisotopic (exact) mass is 406 g/mol. The van der Waals surface area contributed by atoms with Crippen molar-refractivity contribution in [1.29, 1.82) is 0 Å². The number of piperazine rings is 1. The second-order valence-electron chi connectivity index (χ2n) is 7.80. The van der Waals surface area contributed by atoms with Gasteiger partial charge in [-0.2, -0.15) is 0 Å². The van der Waals surface area contributed by atoms with E-state index in [-0.39, 0.29) is 23.3 Å². The number of rotatable bonds is 4. The molecule has 2 heterocycles. The molecule has 0 bridgehead atoms. The number of carbonyl (C=O) groups excluding carboxylic acids is 3. The third-order valence-electron chi connectivity index (χ3n) is 5.99. The van der Waals surface area contributed by atoms with E-state index >= 15 is 0 Å². The van der Waals surface area contributed by atoms with Crippen molar-refractivity contribution in [3.05, 3.63) is 58.7 Å². The minimum atomic E-state index is -0.381. The maximum atomic E-state index is 12.8. The summed E-state index contributed by atoms with van der Waals surface area (Å²) in [6.45, 7) is 9.35. The quantitative estimate of drug-likeness (QED) is 0.791. The van der Waals surface area contributed by atoms with Gasteiger partial charge < -0.3 is 15.1 Å². The summed E-state index contributed by atoms with van der Waals surface area (Å²) in [6, 6.07) is 10.7. The van der Waals surface area contributed by atoms with Gasteiger partial charge in [-0.25, -0.2) is 0 Å². The molecule has 2 aromatic carbocycles. The Morgan fingerprint density at radius 1 is 0.967 bits per heavy atom. The largest absolute Gasteiger partial charge is 0.369 e. The molecule has 1 saturated heterocycles. The van der Waals surface area contributed by atoms with Gasteiger partial charge in [-0.3, -0.25) is 19.3 Å². The number of fused-ring (bicyclic) bond motifs is 1. The summed E-state index contributed by atoms with van der Waals surface area (Å²) in [7, 11) is 1.44.